The van der Waals surface area contributed by atoms with Gasteiger partial charge in [-0.25, -0.2) is 0 Å². The number of nitrogens with two attached hydrogens (primary N) is 1. The molecule has 0 aliphatic carbocycles. The van der Waals surface area contributed by atoms with Crippen LogP contribution < -0.4 is 5.73 Å². The second-order valence-corrected chi connectivity index (χ2v) is 5.43. The van der Waals surface area contributed by atoms with Crippen molar-refractivity contribution in [1.29, 1.82) is 0 Å². The number of carbonyl (C=O) groups excluding carboxylic acids is 1. The molecule has 1 amide bonds. The molecular formula is C13H28ClN3O. The van der Waals surface area contributed by atoms with Gasteiger partial charge in [0.15, 0.2) is 0 Å². The maximum absolute atomic E-state index is 12.2. The lowest BCUT2D eigenvalue weighted by Gasteiger charge is -2.37. The summed E-state index contributed by atoms with van der Waals surface area (Å²) in [6.07, 6.45) is 3.08. The van der Waals surface area contributed by atoms with Gasteiger partial charge in [-0.05, 0) is 32.9 Å². The SMILES string of the molecule is CCC(C)C(N)C(=O)N1CCC(N(C)C)CC1.Cl. The lowest BCUT2D eigenvalue weighted by Crippen LogP contribution is -2.51. The van der Waals surface area contributed by atoms with Gasteiger partial charge in [0, 0.05) is 19.1 Å². The second-order valence-electron chi connectivity index (χ2n) is 5.43. The van der Waals surface area contributed by atoms with E-state index < -0.39 is 0 Å². The molecule has 1 heterocycles. The first-order valence-corrected chi connectivity index (χ1v) is 6.68. The van der Waals surface area contributed by atoms with E-state index in [4.69, 9.17) is 5.73 Å². The number of amides is 1. The summed E-state index contributed by atoms with van der Waals surface area (Å²) in [6, 6.07) is 0.287. The minimum absolute atomic E-state index is 0. The zero-order valence-electron chi connectivity index (χ0n) is 12.1. The molecule has 0 aromatic carbocycles. The van der Waals surface area contributed by atoms with Crippen LogP contribution >= 0.6 is 12.4 Å². The molecular weight excluding hydrogens is 250 g/mol. The molecule has 0 bridgehead atoms. The largest absolute Gasteiger partial charge is 0.341 e. The molecule has 2 N–H and O–H groups in total. The molecule has 1 saturated heterocycles. The average Bonchev–Trinajstić information content (AvgIpc) is 2.36. The number of likely N-dealkylation sites (tertiary alicyclic amines) is 1. The predicted octanol–water partition coefficient (Wildman–Crippen LogP) is 1.33. The van der Waals surface area contributed by atoms with E-state index in [0.29, 0.717) is 6.04 Å². The minimum Gasteiger partial charge on any atom is -0.341 e. The van der Waals surface area contributed by atoms with E-state index in [2.05, 4.69) is 32.8 Å². The zero-order chi connectivity index (χ0) is 13.0. The van der Waals surface area contributed by atoms with E-state index >= 15 is 0 Å². The number of hydrogen-bond donors (Lipinski definition) is 1. The quantitative estimate of drug-likeness (QED) is 0.844. The van der Waals surface area contributed by atoms with Crippen LogP contribution in [0.3, 0.4) is 0 Å². The first kappa shape index (κ1) is 17.7. The van der Waals surface area contributed by atoms with Crippen molar-refractivity contribution in [2.45, 2.75) is 45.2 Å². The summed E-state index contributed by atoms with van der Waals surface area (Å²) < 4.78 is 0. The van der Waals surface area contributed by atoms with Crippen molar-refractivity contribution in [2.24, 2.45) is 11.7 Å². The number of rotatable bonds is 4. The van der Waals surface area contributed by atoms with Crippen LogP contribution in [-0.4, -0.2) is 55.0 Å². The van der Waals surface area contributed by atoms with Gasteiger partial charge < -0.3 is 15.5 Å². The molecule has 0 aromatic heterocycles. The van der Waals surface area contributed by atoms with Gasteiger partial charge in [-0.15, -0.1) is 12.4 Å². The highest BCUT2D eigenvalue weighted by Gasteiger charge is 2.28. The predicted molar refractivity (Wildman–Crippen MR) is 78.0 cm³/mol. The first-order chi connectivity index (χ1) is 7.97. The van der Waals surface area contributed by atoms with Gasteiger partial charge in [-0.1, -0.05) is 20.3 Å². The highest BCUT2D eigenvalue weighted by Crippen LogP contribution is 2.16. The lowest BCUT2D eigenvalue weighted by atomic mass is 9.97. The van der Waals surface area contributed by atoms with Crippen molar-refractivity contribution in [2.75, 3.05) is 27.2 Å². The topological polar surface area (TPSA) is 49.6 Å². The van der Waals surface area contributed by atoms with Gasteiger partial charge in [0.1, 0.15) is 0 Å². The third-order valence-corrected chi connectivity index (χ3v) is 4.05. The van der Waals surface area contributed by atoms with Crippen LogP contribution in [0.25, 0.3) is 0 Å². The molecule has 2 unspecified atom stereocenters. The molecule has 5 heteroatoms. The summed E-state index contributed by atoms with van der Waals surface area (Å²) in [4.78, 5) is 16.4. The van der Waals surface area contributed by atoms with Crippen LogP contribution in [0.15, 0.2) is 0 Å². The summed E-state index contributed by atoms with van der Waals surface area (Å²) in [5, 5.41) is 0. The van der Waals surface area contributed by atoms with Gasteiger partial charge >= 0.3 is 0 Å². The molecule has 1 rings (SSSR count). The first-order valence-electron chi connectivity index (χ1n) is 6.68. The van der Waals surface area contributed by atoms with Gasteiger partial charge in [-0.2, -0.15) is 0 Å². The number of hydrogen-bond acceptors (Lipinski definition) is 3. The third-order valence-electron chi connectivity index (χ3n) is 4.05. The van der Waals surface area contributed by atoms with Crippen LogP contribution in [0.5, 0.6) is 0 Å². The normalized spacial score (nSPS) is 20.4. The monoisotopic (exact) mass is 277 g/mol. The van der Waals surface area contributed by atoms with Gasteiger partial charge in [0.05, 0.1) is 6.04 Å². The number of piperidine rings is 1. The second kappa shape index (κ2) is 7.97. The van der Waals surface area contributed by atoms with Crippen LogP contribution in [0, 0.1) is 5.92 Å². The maximum atomic E-state index is 12.2. The fourth-order valence-electron chi connectivity index (χ4n) is 2.31. The van der Waals surface area contributed by atoms with Gasteiger partial charge in [-0.3, -0.25) is 4.79 Å². The standard InChI is InChI=1S/C13H27N3O.ClH/c1-5-10(2)12(14)13(17)16-8-6-11(7-9-16)15(3)4;/h10-12H,5-9,14H2,1-4H3;1H. The molecule has 1 aliphatic rings. The van der Waals surface area contributed by atoms with Crippen LogP contribution in [0.4, 0.5) is 0 Å². The van der Waals surface area contributed by atoms with Gasteiger partial charge in [0.2, 0.25) is 5.91 Å². The Balaban J connectivity index is 0.00000289. The van der Waals surface area contributed by atoms with Crippen molar-refractivity contribution in [3.8, 4) is 0 Å². The van der Waals surface area contributed by atoms with E-state index in [9.17, 15) is 4.79 Å². The van der Waals surface area contributed by atoms with Crippen molar-refractivity contribution >= 4 is 18.3 Å². The molecule has 4 nitrogen and oxygen atoms in total. The molecule has 2 atom stereocenters. The summed E-state index contributed by atoms with van der Waals surface area (Å²) in [5.74, 6) is 0.408. The summed E-state index contributed by atoms with van der Waals surface area (Å²) in [5.41, 5.74) is 5.99. The van der Waals surface area contributed by atoms with Crippen LogP contribution in [0.1, 0.15) is 33.1 Å². The Labute approximate surface area is 117 Å². The van der Waals surface area contributed by atoms with Crippen molar-refractivity contribution in [1.82, 2.24) is 9.80 Å². The molecule has 1 aliphatic heterocycles. The maximum Gasteiger partial charge on any atom is 0.239 e. The smallest absolute Gasteiger partial charge is 0.239 e. The molecule has 0 radical (unpaired) electrons. The van der Waals surface area contributed by atoms with Crippen molar-refractivity contribution in [3.05, 3.63) is 0 Å². The van der Waals surface area contributed by atoms with E-state index in [1.54, 1.807) is 0 Å². The third kappa shape index (κ3) is 4.41. The Morgan fingerprint density at radius 1 is 1.39 bits per heavy atom. The van der Waals surface area contributed by atoms with Crippen molar-refractivity contribution in [3.63, 3.8) is 0 Å². The number of halogens is 1. The average molecular weight is 278 g/mol. The fraction of sp³-hybridized carbons (Fsp3) is 0.923. The van der Waals surface area contributed by atoms with E-state index in [-0.39, 0.29) is 30.3 Å². The molecule has 0 saturated carbocycles. The molecule has 1 fully saturated rings. The molecule has 0 spiro atoms. The summed E-state index contributed by atoms with van der Waals surface area (Å²) in [7, 11) is 4.21. The van der Waals surface area contributed by atoms with Gasteiger partial charge in [0.25, 0.3) is 0 Å². The Hall–Kier alpha value is -0.320. The Morgan fingerprint density at radius 3 is 2.28 bits per heavy atom. The molecule has 18 heavy (non-hydrogen) atoms. The Kier molecular flexibility index (Phi) is 7.83. The highest BCUT2D eigenvalue weighted by atomic mass is 35.5. The summed E-state index contributed by atoms with van der Waals surface area (Å²) in [6.45, 7) is 5.84. The molecule has 0 aromatic rings. The lowest BCUT2D eigenvalue weighted by molar-refractivity contribution is -0.135. The summed E-state index contributed by atoms with van der Waals surface area (Å²) >= 11 is 0. The number of nitrogens with zero attached hydrogens (tertiary/aromatic N) is 2. The zero-order valence-corrected chi connectivity index (χ0v) is 12.9. The highest BCUT2D eigenvalue weighted by molar-refractivity contribution is 5.85. The van der Waals surface area contributed by atoms with E-state index in [1.807, 2.05) is 4.90 Å². The fourth-order valence-corrected chi connectivity index (χ4v) is 2.31. The van der Waals surface area contributed by atoms with Crippen molar-refractivity contribution < 1.29 is 4.79 Å². The van der Waals surface area contributed by atoms with E-state index in [0.717, 1.165) is 32.4 Å². The van der Waals surface area contributed by atoms with Crippen LogP contribution in [-0.2, 0) is 4.79 Å². The Morgan fingerprint density at radius 2 is 1.89 bits per heavy atom. The Bertz CT molecular complexity index is 253. The number of carbonyl (C=O) groups is 1. The minimum atomic E-state index is -0.323. The van der Waals surface area contributed by atoms with E-state index in [1.165, 1.54) is 0 Å². The molecule has 108 valence electrons. The van der Waals surface area contributed by atoms with Crippen LogP contribution in [0.2, 0.25) is 0 Å².